The van der Waals surface area contributed by atoms with Gasteiger partial charge in [0, 0.05) is 6.54 Å². The van der Waals surface area contributed by atoms with E-state index in [0.29, 0.717) is 13.1 Å². The van der Waals surface area contributed by atoms with E-state index in [1.807, 2.05) is 19.9 Å². The Kier molecular flexibility index (Phi) is 4.32. The minimum atomic E-state index is -1.46. The van der Waals surface area contributed by atoms with Gasteiger partial charge in [-0.25, -0.2) is 13.2 Å². The summed E-state index contributed by atoms with van der Waals surface area (Å²) >= 11 is 0. The second-order valence-corrected chi connectivity index (χ2v) is 4.37. The molecular weight excluding hydrogens is 267 g/mol. The van der Waals surface area contributed by atoms with Gasteiger partial charge >= 0.3 is 0 Å². The molecule has 0 aliphatic rings. The number of hydrogen-bond acceptors (Lipinski definition) is 2. The van der Waals surface area contributed by atoms with Gasteiger partial charge in [-0.05, 0) is 31.5 Å². The lowest BCUT2D eigenvalue weighted by atomic mass is 10.2. The highest BCUT2D eigenvalue weighted by Crippen LogP contribution is 2.20. The van der Waals surface area contributed by atoms with Gasteiger partial charge in [0.2, 0.25) is 0 Å². The topological polar surface area (TPSA) is 29.9 Å². The largest absolute Gasteiger partial charge is 0.377 e. The molecule has 0 radical (unpaired) electrons. The third-order valence-electron chi connectivity index (χ3n) is 3.07. The highest BCUT2D eigenvalue weighted by atomic mass is 19.2. The van der Waals surface area contributed by atoms with Gasteiger partial charge < -0.3 is 5.32 Å². The maximum Gasteiger partial charge on any atom is 0.196 e. The predicted molar refractivity (Wildman–Crippen MR) is 70.9 cm³/mol. The van der Waals surface area contributed by atoms with Crippen molar-refractivity contribution in [1.82, 2.24) is 9.78 Å². The summed E-state index contributed by atoms with van der Waals surface area (Å²) in [4.78, 5) is 0. The van der Waals surface area contributed by atoms with Crippen LogP contribution in [0.4, 0.5) is 18.9 Å². The Morgan fingerprint density at radius 1 is 1.15 bits per heavy atom. The summed E-state index contributed by atoms with van der Waals surface area (Å²) in [6.07, 6.45) is 0.805. The van der Waals surface area contributed by atoms with E-state index in [2.05, 4.69) is 10.4 Å². The number of nitrogens with one attached hydrogen (secondary N) is 1. The average Bonchev–Trinajstić information content (AvgIpc) is 2.86. The Labute approximate surface area is 115 Å². The van der Waals surface area contributed by atoms with E-state index < -0.39 is 17.5 Å². The van der Waals surface area contributed by atoms with Crippen LogP contribution in [-0.4, -0.2) is 9.78 Å². The predicted octanol–water partition coefficient (Wildman–Crippen LogP) is 3.49. The lowest BCUT2D eigenvalue weighted by molar-refractivity contribution is 0.449. The molecule has 6 heteroatoms. The van der Waals surface area contributed by atoms with Crippen LogP contribution < -0.4 is 5.32 Å². The Bertz CT molecular complexity index is 608. The molecule has 1 aromatic heterocycles. The number of nitrogens with zero attached hydrogens (tertiary/aromatic N) is 2. The molecule has 2 rings (SSSR count). The number of rotatable bonds is 5. The second-order valence-electron chi connectivity index (χ2n) is 4.37. The zero-order chi connectivity index (χ0) is 14.7. The first-order valence-electron chi connectivity index (χ1n) is 6.49. The van der Waals surface area contributed by atoms with Crippen molar-refractivity contribution in [2.75, 3.05) is 5.32 Å². The monoisotopic (exact) mass is 283 g/mol. The lowest BCUT2D eigenvalue weighted by Crippen LogP contribution is -2.09. The van der Waals surface area contributed by atoms with Gasteiger partial charge in [-0.15, -0.1) is 0 Å². The molecule has 1 heterocycles. The standard InChI is InChI=1S/C14H16F3N3/c1-3-9-7-10(20(4-2)19-9)8-18-12-6-5-11(15)13(16)14(12)17/h5-7,18H,3-4,8H2,1-2H3. The quantitative estimate of drug-likeness (QED) is 0.851. The molecule has 0 aliphatic carbocycles. The number of anilines is 1. The van der Waals surface area contributed by atoms with E-state index in [-0.39, 0.29) is 5.69 Å². The summed E-state index contributed by atoms with van der Waals surface area (Å²) in [5.41, 5.74) is 1.74. The van der Waals surface area contributed by atoms with Crippen molar-refractivity contribution in [3.8, 4) is 0 Å². The number of aryl methyl sites for hydroxylation is 2. The summed E-state index contributed by atoms with van der Waals surface area (Å²) in [5, 5.41) is 7.13. The van der Waals surface area contributed by atoms with Gasteiger partial charge in [0.1, 0.15) is 0 Å². The van der Waals surface area contributed by atoms with E-state index in [1.165, 1.54) is 6.07 Å². The molecule has 1 aromatic carbocycles. The van der Waals surface area contributed by atoms with Crippen LogP contribution in [0.3, 0.4) is 0 Å². The molecule has 0 bridgehead atoms. The van der Waals surface area contributed by atoms with Crippen molar-refractivity contribution in [2.24, 2.45) is 0 Å². The Morgan fingerprint density at radius 2 is 1.90 bits per heavy atom. The zero-order valence-electron chi connectivity index (χ0n) is 11.4. The fourth-order valence-electron chi connectivity index (χ4n) is 1.95. The number of hydrogen-bond donors (Lipinski definition) is 1. The van der Waals surface area contributed by atoms with Crippen molar-refractivity contribution in [1.29, 1.82) is 0 Å². The van der Waals surface area contributed by atoms with Gasteiger partial charge in [0.25, 0.3) is 0 Å². The third-order valence-corrected chi connectivity index (χ3v) is 3.07. The van der Waals surface area contributed by atoms with Gasteiger partial charge in [0.15, 0.2) is 17.5 Å². The van der Waals surface area contributed by atoms with Crippen LogP contribution in [0.15, 0.2) is 18.2 Å². The average molecular weight is 283 g/mol. The van der Waals surface area contributed by atoms with Crippen molar-refractivity contribution in [3.05, 3.63) is 47.0 Å². The first-order valence-corrected chi connectivity index (χ1v) is 6.49. The van der Waals surface area contributed by atoms with Crippen molar-refractivity contribution in [2.45, 2.75) is 33.4 Å². The molecular formula is C14H16F3N3. The summed E-state index contributed by atoms with van der Waals surface area (Å²) < 4.78 is 41.3. The summed E-state index contributed by atoms with van der Waals surface area (Å²) in [7, 11) is 0. The molecule has 1 N–H and O–H groups in total. The van der Waals surface area contributed by atoms with Gasteiger partial charge in [-0.3, -0.25) is 4.68 Å². The van der Waals surface area contributed by atoms with Crippen molar-refractivity contribution < 1.29 is 13.2 Å². The van der Waals surface area contributed by atoms with Crippen LogP contribution in [0.25, 0.3) is 0 Å². The highest BCUT2D eigenvalue weighted by molar-refractivity contribution is 5.45. The molecule has 2 aromatic rings. The maximum atomic E-state index is 13.5. The summed E-state index contributed by atoms with van der Waals surface area (Å²) in [5.74, 6) is -3.86. The molecule has 0 amide bonds. The molecule has 0 fully saturated rings. The van der Waals surface area contributed by atoms with Crippen LogP contribution in [0.5, 0.6) is 0 Å². The number of benzene rings is 1. The highest BCUT2D eigenvalue weighted by Gasteiger charge is 2.13. The normalized spacial score (nSPS) is 10.8. The molecule has 108 valence electrons. The molecule has 0 saturated heterocycles. The van der Waals surface area contributed by atoms with E-state index in [1.54, 1.807) is 4.68 Å². The van der Waals surface area contributed by atoms with Crippen LogP contribution in [0.2, 0.25) is 0 Å². The van der Waals surface area contributed by atoms with Crippen LogP contribution in [-0.2, 0) is 19.5 Å². The first-order chi connectivity index (χ1) is 9.56. The lowest BCUT2D eigenvalue weighted by Gasteiger charge is -2.09. The Hall–Kier alpha value is -1.98. The molecule has 0 spiro atoms. The van der Waals surface area contributed by atoms with E-state index >= 15 is 0 Å². The fraction of sp³-hybridized carbons (Fsp3) is 0.357. The SMILES string of the molecule is CCc1cc(CNc2ccc(F)c(F)c2F)n(CC)n1. The van der Waals surface area contributed by atoms with Crippen LogP contribution >= 0.6 is 0 Å². The summed E-state index contributed by atoms with van der Waals surface area (Å²) in [6.45, 7) is 4.93. The van der Waals surface area contributed by atoms with E-state index in [4.69, 9.17) is 0 Å². The second kappa shape index (κ2) is 5.98. The Morgan fingerprint density at radius 3 is 2.55 bits per heavy atom. The van der Waals surface area contributed by atoms with Crippen molar-refractivity contribution in [3.63, 3.8) is 0 Å². The van der Waals surface area contributed by atoms with Gasteiger partial charge in [0.05, 0.1) is 23.6 Å². The smallest absolute Gasteiger partial charge is 0.196 e. The number of halogens is 3. The molecule has 0 atom stereocenters. The first kappa shape index (κ1) is 14.4. The van der Waals surface area contributed by atoms with E-state index in [0.717, 1.165) is 23.9 Å². The number of aromatic nitrogens is 2. The van der Waals surface area contributed by atoms with Gasteiger partial charge in [-0.2, -0.15) is 5.10 Å². The maximum absolute atomic E-state index is 13.5. The molecule has 0 saturated carbocycles. The van der Waals surface area contributed by atoms with Crippen molar-refractivity contribution >= 4 is 5.69 Å². The van der Waals surface area contributed by atoms with Crippen LogP contribution in [0.1, 0.15) is 25.2 Å². The Balaban J connectivity index is 2.16. The molecule has 0 unspecified atom stereocenters. The molecule has 20 heavy (non-hydrogen) atoms. The zero-order valence-corrected chi connectivity index (χ0v) is 11.4. The molecule has 3 nitrogen and oxygen atoms in total. The summed E-state index contributed by atoms with van der Waals surface area (Å²) in [6, 6.07) is 3.99. The minimum absolute atomic E-state index is 0.0641. The minimum Gasteiger partial charge on any atom is -0.377 e. The molecule has 0 aliphatic heterocycles. The van der Waals surface area contributed by atoms with Crippen LogP contribution in [0, 0.1) is 17.5 Å². The van der Waals surface area contributed by atoms with Gasteiger partial charge in [-0.1, -0.05) is 6.92 Å². The third kappa shape index (κ3) is 2.79. The fourth-order valence-corrected chi connectivity index (χ4v) is 1.95. The van der Waals surface area contributed by atoms with E-state index in [9.17, 15) is 13.2 Å².